The highest BCUT2D eigenvalue weighted by Crippen LogP contribution is 2.38. The van der Waals surface area contributed by atoms with Gasteiger partial charge >= 0.3 is 11.8 Å². The lowest BCUT2D eigenvalue weighted by molar-refractivity contribution is 0.0898. The number of hydrogen-bond acceptors (Lipinski definition) is 8. The number of aromatic nitrogens is 2. The SMILES string of the molecule is COc1cc(C(=O)NCCNC(=O)c2nc(C3CC3)no2)cc(OC)c1OC. The molecule has 0 atom stereocenters. The number of amides is 2. The molecule has 1 aliphatic rings. The number of rotatable bonds is 9. The smallest absolute Gasteiger partial charge is 0.315 e. The molecule has 0 saturated heterocycles. The van der Waals surface area contributed by atoms with E-state index < -0.39 is 5.91 Å². The van der Waals surface area contributed by atoms with Gasteiger partial charge < -0.3 is 29.4 Å². The molecule has 0 radical (unpaired) electrons. The molecule has 2 N–H and O–H groups in total. The Hall–Kier alpha value is -3.30. The number of methoxy groups -OCH3 is 3. The topological polar surface area (TPSA) is 125 Å². The molecule has 2 aromatic rings. The number of hydrogen-bond donors (Lipinski definition) is 2. The Morgan fingerprint density at radius 3 is 2.18 bits per heavy atom. The highest BCUT2D eigenvalue weighted by molar-refractivity contribution is 5.95. The maximum atomic E-state index is 12.4. The van der Waals surface area contributed by atoms with Gasteiger partial charge in [-0.3, -0.25) is 9.59 Å². The Morgan fingerprint density at radius 2 is 1.64 bits per heavy atom. The summed E-state index contributed by atoms with van der Waals surface area (Å²) in [5.74, 6) is 1.15. The fourth-order valence-corrected chi connectivity index (χ4v) is 2.58. The molecule has 1 heterocycles. The second kappa shape index (κ2) is 8.59. The summed E-state index contributed by atoms with van der Waals surface area (Å²) in [5, 5.41) is 9.12. The van der Waals surface area contributed by atoms with Crippen LogP contribution < -0.4 is 24.8 Å². The Bertz CT molecular complexity index is 837. The van der Waals surface area contributed by atoms with E-state index in [-0.39, 0.29) is 24.9 Å². The van der Waals surface area contributed by atoms with E-state index in [1.807, 2.05) is 0 Å². The fourth-order valence-electron chi connectivity index (χ4n) is 2.58. The van der Waals surface area contributed by atoms with E-state index in [2.05, 4.69) is 20.8 Å². The molecule has 1 aliphatic carbocycles. The molecule has 1 saturated carbocycles. The van der Waals surface area contributed by atoms with Gasteiger partial charge in [-0.25, -0.2) is 0 Å². The molecule has 0 unspecified atom stereocenters. The number of carbonyl (C=O) groups is 2. The summed E-state index contributed by atoms with van der Waals surface area (Å²) < 4.78 is 20.6. The molecule has 28 heavy (non-hydrogen) atoms. The average Bonchev–Trinajstić information content (AvgIpc) is 3.45. The second-order valence-corrected chi connectivity index (χ2v) is 6.16. The summed E-state index contributed by atoms with van der Waals surface area (Å²) in [6, 6.07) is 3.10. The molecule has 1 aromatic heterocycles. The molecular formula is C18H22N4O6. The van der Waals surface area contributed by atoms with Crippen LogP contribution in [-0.4, -0.2) is 56.4 Å². The summed E-state index contributed by atoms with van der Waals surface area (Å²) >= 11 is 0. The lowest BCUT2D eigenvalue weighted by Gasteiger charge is -2.14. The summed E-state index contributed by atoms with van der Waals surface area (Å²) in [7, 11) is 4.43. The van der Waals surface area contributed by atoms with Crippen molar-refractivity contribution in [1.29, 1.82) is 0 Å². The summed E-state index contributed by atoms with van der Waals surface area (Å²) in [6.45, 7) is 0.418. The van der Waals surface area contributed by atoms with E-state index in [1.165, 1.54) is 21.3 Å². The molecular weight excluding hydrogens is 368 g/mol. The number of carbonyl (C=O) groups excluding carboxylic acids is 2. The van der Waals surface area contributed by atoms with E-state index in [0.717, 1.165) is 12.8 Å². The lowest BCUT2D eigenvalue weighted by atomic mass is 10.1. The summed E-state index contributed by atoms with van der Waals surface area (Å²) in [5.41, 5.74) is 0.340. The van der Waals surface area contributed by atoms with Crippen LogP contribution in [0.1, 0.15) is 45.6 Å². The third kappa shape index (κ3) is 4.33. The largest absolute Gasteiger partial charge is 0.493 e. The van der Waals surface area contributed by atoms with Crippen LogP contribution >= 0.6 is 0 Å². The van der Waals surface area contributed by atoms with Crippen LogP contribution in [0.2, 0.25) is 0 Å². The van der Waals surface area contributed by atoms with Crippen LogP contribution in [0.25, 0.3) is 0 Å². The van der Waals surface area contributed by atoms with Gasteiger partial charge in [-0.1, -0.05) is 5.16 Å². The summed E-state index contributed by atoms with van der Waals surface area (Å²) in [4.78, 5) is 28.4. The van der Waals surface area contributed by atoms with Crippen molar-refractivity contribution in [1.82, 2.24) is 20.8 Å². The normalized spacial score (nSPS) is 13.0. The molecule has 10 heteroatoms. The fraction of sp³-hybridized carbons (Fsp3) is 0.444. The van der Waals surface area contributed by atoms with Crippen LogP contribution in [0.5, 0.6) is 17.2 Å². The first-order chi connectivity index (χ1) is 13.6. The zero-order chi connectivity index (χ0) is 20.1. The molecule has 0 aliphatic heterocycles. The monoisotopic (exact) mass is 390 g/mol. The Labute approximate surface area is 161 Å². The first-order valence-corrected chi connectivity index (χ1v) is 8.77. The van der Waals surface area contributed by atoms with Crippen LogP contribution in [0.4, 0.5) is 0 Å². The Morgan fingerprint density at radius 1 is 1.04 bits per heavy atom. The molecule has 1 fully saturated rings. The first kappa shape index (κ1) is 19.5. The van der Waals surface area contributed by atoms with Gasteiger partial charge in [0.2, 0.25) is 5.75 Å². The van der Waals surface area contributed by atoms with E-state index in [4.69, 9.17) is 18.7 Å². The van der Waals surface area contributed by atoms with Crippen LogP contribution in [0.15, 0.2) is 16.7 Å². The molecule has 0 spiro atoms. The number of nitrogens with zero attached hydrogens (tertiary/aromatic N) is 2. The molecule has 1 aromatic carbocycles. The van der Waals surface area contributed by atoms with Crippen molar-refractivity contribution in [3.8, 4) is 17.2 Å². The zero-order valence-corrected chi connectivity index (χ0v) is 15.9. The van der Waals surface area contributed by atoms with E-state index in [9.17, 15) is 9.59 Å². The predicted molar refractivity (Wildman–Crippen MR) is 97.0 cm³/mol. The van der Waals surface area contributed by atoms with Crippen molar-refractivity contribution in [2.45, 2.75) is 18.8 Å². The number of ether oxygens (including phenoxy) is 3. The van der Waals surface area contributed by atoms with Crippen molar-refractivity contribution in [2.75, 3.05) is 34.4 Å². The van der Waals surface area contributed by atoms with Gasteiger partial charge in [-0.2, -0.15) is 4.98 Å². The van der Waals surface area contributed by atoms with Gasteiger partial charge in [0.1, 0.15) is 0 Å². The maximum absolute atomic E-state index is 12.4. The lowest BCUT2D eigenvalue weighted by Crippen LogP contribution is -2.34. The van der Waals surface area contributed by atoms with Gasteiger partial charge in [-0.05, 0) is 25.0 Å². The minimum absolute atomic E-state index is 0.0714. The van der Waals surface area contributed by atoms with E-state index in [1.54, 1.807) is 12.1 Å². The molecule has 0 bridgehead atoms. The average molecular weight is 390 g/mol. The Balaban J connectivity index is 1.51. The van der Waals surface area contributed by atoms with Crippen molar-refractivity contribution >= 4 is 11.8 Å². The van der Waals surface area contributed by atoms with E-state index in [0.29, 0.717) is 34.6 Å². The molecule has 10 nitrogen and oxygen atoms in total. The van der Waals surface area contributed by atoms with Crippen molar-refractivity contribution in [2.24, 2.45) is 0 Å². The van der Waals surface area contributed by atoms with Crippen LogP contribution in [0.3, 0.4) is 0 Å². The number of benzene rings is 1. The molecule has 2 amide bonds. The number of nitrogens with one attached hydrogen (secondary N) is 2. The first-order valence-electron chi connectivity index (χ1n) is 8.77. The van der Waals surface area contributed by atoms with Gasteiger partial charge in [0.25, 0.3) is 5.91 Å². The van der Waals surface area contributed by atoms with Gasteiger partial charge in [0.05, 0.1) is 21.3 Å². The highest BCUT2D eigenvalue weighted by Gasteiger charge is 2.29. The van der Waals surface area contributed by atoms with E-state index >= 15 is 0 Å². The van der Waals surface area contributed by atoms with Gasteiger partial charge in [-0.15, -0.1) is 0 Å². The second-order valence-electron chi connectivity index (χ2n) is 6.16. The van der Waals surface area contributed by atoms with Crippen molar-refractivity contribution in [3.63, 3.8) is 0 Å². The molecule has 150 valence electrons. The van der Waals surface area contributed by atoms with Crippen molar-refractivity contribution < 1.29 is 28.3 Å². The van der Waals surface area contributed by atoms with Crippen LogP contribution in [0, 0.1) is 0 Å². The minimum Gasteiger partial charge on any atom is -0.493 e. The minimum atomic E-state index is -0.471. The summed E-state index contributed by atoms with van der Waals surface area (Å²) in [6.07, 6.45) is 2.04. The van der Waals surface area contributed by atoms with Crippen LogP contribution in [-0.2, 0) is 0 Å². The van der Waals surface area contributed by atoms with Gasteiger partial charge in [0.15, 0.2) is 17.3 Å². The Kier molecular flexibility index (Phi) is 5.97. The third-order valence-electron chi connectivity index (χ3n) is 4.20. The molecule has 3 rings (SSSR count). The zero-order valence-electron chi connectivity index (χ0n) is 15.9. The van der Waals surface area contributed by atoms with Gasteiger partial charge in [0, 0.05) is 24.6 Å². The predicted octanol–water partition coefficient (Wildman–Crippen LogP) is 1.13. The quantitative estimate of drug-likeness (QED) is 0.611. The highest BCUT2D eigenvalue weighted by atomic mass is 16.5. The maximum Gasteiger partial charge on any atom is 0.315 e. The van der Waals surface area contributed by atoms with Crippen molar-refractivity contribution in [3.05, 3.63) is 29.4 Å². The third-order valence-corrected chi connectivity index (χ3v) is 4.20. The standard InChI is InChI=1S/C18H22N4O6/c1-25-12-8-11(9-13(26-2)14(12)27-3)16(23)19-6-7-20-17(24)18-21-15(22-28-18)10-4-5-10/h8-10H,4-7H2,1-3H3,(H,19,23)(H,20,24).